The van der Waals surface area contributed by atoms with Gasteiger partial charge in [0.2, 0.25) is 0 Å². The predicted octanol–water partition coefficient (Wildman–Crippen LogP) is 4.00. The number of pyridine rings is 1. The summed E-state index contributed by atoms with van der Waals surface area (Å²) < 4.78 is 8.21. The molecule has 0 N–H and O–H groups in total. The molecular weight excluding hydrogens is 316 g/mol. The number of nitrogens with zero attached hydrogens (tertiary/aromatic N) is 2. The Labute approximate surface area is 126 Å². The van der Waals surface area contributed by atoms with Crippen molar-refractivity contribution < 1.29 is 4.74 Å². The van der Waals surface area contributed by atoms with E-state index in [1.54, 1.807) is 7.11 Å². The Hall–Kier alpha value is -1.81. The second-order valence-electron chi connectivity index (χ2n) is 4.81. The van der Waals surface area contributed by atoms with Crippen molar-refractivity contribution in [2.75, 3.05) is 7.11 Å². The second-order valence-corrected chi connectivity index (χ2v) is 5.56. The van der Waals surface area contributed by atoms with Crippen LogP contribution in [0, 0.1) is 6.92 Å². The molecule has 0 saturated carbocycles. The van der Waals surface area contributed by atoms with Crippen LogP contribution in [0.3, 0.4) is 0 Å². The lowest BCUT2D eigenvalue weighted by Gasteiger charge is -2.04. The molecule has 0 radical (unpaired) electrons. The fourth-order valence-corrected chi connectivity index (χ4v) is 2.79. The highest BCUT2D eigenvalue weighted by atomic mass is 79.9. The summed E-state index contributed by atoms with van der Waals surface area (Å²) in [5.41, 5.74) is 3.53. The Morgan fingerprint density at radius 1 is 1.15 bits per heavy atom. The van der Waals surface area contributed by atoms with E-state index in [-0.39, 0.29) is 0 Å². The smallest absolute Gasteiger partial charge is 0.132 e. The molecule has 0 atom stereocenters. The van der Waals surface area contributed by atoms with Gasteiger partial charge in [-0.15, -0.1) is 0 Å². The molecule has 0 fully saturated rings. The number of aromatic nitrogens is 2. The summed E-state index contributed by atoms with van der Waals surface area (Å²) in [4.78, 5) is 4.62. The maximum absolute atomic E-state index is 5.18. The molecule has 0 bridgehead atoms. The van der Waals surface area contributed by atoms with Gasteiger partial charge in [-0.3, -0.25) is 0 Å². The van der Waals surface area contributed by atoms with E-state index in [0.717, 1.165) is 28.1 Å². The van der Waals surface area contributed by atoms with E-state index in [9.17, 15) is 0 Å². The molecule has 3 aromatic rings. The third-order valence-corrected chi connectivity index (χ3v) is 3.92. The van der Waals surface area contributed by atoms with E-state index in [2.05, 4.69) is 62.7 Å². The molecule has 1 aromatic carbocycles. The van der Waals surface area contributed by atoms with Crippen LogP contribution in [-0.2, 0) is 6.42 Å². The van der Waals surface area contributed by atoms with Crippen molar-refractivity contribution >= 4 is 21.4 Å². The Balaban J connectivity index is 1.99. The number of hydrogen-bond donors (Lipinski definition) is 0. The summed E-state index contributed by atoms with van der Waals surface area (Å²) >= 11 is 3.53. The van der Waals surface area contributed by atoms with Crippen molar-refractivity contribution in [3.63, 3.8) is 0 Å². The molecule has 0 amide bonds. The van der Waals surface area contributed by atoms with Crippen LogP contribution in [0.5, 0.6) is 5.75 Å². The lowest BCUT2D eigenvalue weighted by Crippen LogP contribution is -1.97. The molecule has 20 heavy (non-hydrogen) atoms. The molecule has 3 rings (SSSR count). The standard InChI is InChI=1S/C16H15BrN2O/c1-11-3-8-14-16(17)18-15(19(14)10-11)9-12-4-6-13(20-2)7-5-12/h3-8,10H,9H2,1-2H3. The minimum atomic E-state index is 0.792. The van der Waals surface area contributed by atoms with E-state index < -0.39 is 0 Å². The first-order valence-corrected chi connectivity index (χ1v) is 7.22. The quantitative estimate of drug-likeness (QED) is 0.725. The van der Waals surface area contributed by atoms with Crippen molar-refractivity contribution in [3.05, 3.63) is 64.1 Å². The van der Waals surface area contributed by atoms with Gasteiger partial charge in [0.1, 0.15) is 16.2 Å². The van der Waals surface area contributed by atoms with Gasteiger partial charge >= 0.3 is 0 Å². The van der Waals surface area contributed by atoms with Crippen LogP contribution in [-0.4, -0.2) is 16.5 Å². The Bertz CT molecular complexity index is 747. The molecule has 0 aliphatic rings. The van der Waals surface area contributed by atoms with Crippen LogP contribution in [0.25, 0.3) is 5.52 Å². The van der Waals surface area contributed by atoms with E-state index in [1.807, 2.05) is 12.1 Å². The van der Waals surface area contributed by atoms with Gasteiger partial charge in [-0.1, -0.05) is 18.2 Å². The lowest BCUT2D eigenvalue weighted by molar-refractivity contribution is 0.414. The van der Waals surface area contributed by atoms with Crippen molar-refractivity contribution in [3.8, 4) is 5.75 Å². The van der Waals surface area contributed by atoms with E-state index >= 15 is 0 Å². The molecule has 0 aliphatic heterocycles. The zero-order chi connectivity index (χ0) is 14.1. The van der Waals surface area contributed by atoms with Gasteiger partial charge < -0.3 is 9.14 Å². The molecule has 0 spiro atoms. The van der Waals surface area contributed by atoms with Crippen LogP contribution in [0.2, 0.25) is 0 Å². The molecule has 0 aliphatic carbocycles. The molecule has 2 aromatic heterocycles. The molecule has 0 saturated heterocycles. The third-order valence-electron chi connectivity index (χ3n) is 3.33. The summed E-state index contributed by atoms with van der Waals surface area (Å²) in [7, 11) is 1.68. The Morgan fingerprint density at radius 3 is 2.60 bits per heavy atom. The Kier molecular flexibility index (Phi) is 3.49. The molecular formula is C16H15BrN2O. The number of methoxy groups -OCH3 is 1. The highest BCUT2D eigenvalue weighted by Gasteiger charge is 2.09. The van der Waals surface area contributed by atoms with E-state index in [1.165, 1.54) is 11.1 Å². The van der Waals surface area contributed by atoms with Crippen molar-refractivity contribution in [1.29, 1.82) is 0 Å². The summed E-state index contributed by atoms with van der Waals surface area (Å²) in [5.74, 6) is 1.90. The van der Waals surface area contributed by atoms with Gasteiger partial charge in [0, 0.05) is 12.6 Å². The normalized spacial score (nSPS) is 10.9. The Morgan fingerprint density at radius 2 is 1.90 bits per heavy atom. The number of fused-ring (bicyclic) bond motifs is 1. The van der Waals surface area contributed by atoms with Crippen LogP contribution in [0.1, 0.15) is 17.0 Å². The zero-order valence-electron chi connectivity index (χ0n) is 11.4. The number of rotatable bonds is 3. The van der Waals surface area contributed by atoms with Crippen LogP contribution in [0.4, 0.5) is 0 Å². The number of hydrogen-bond acceptors (Lipinski definition) is 2. The van der Waals surface area contributed by atoms with Crippen LogP contribution >= 0.6 is 15.9 Å². The molecule has 3 nitrogen and oxygen atoms in total. The first kappa shape index (κ1) is 13.2. The van der Waals surface area contributed by atoms with E-state index in [0.29, 0.717) is 0 Å². The molecule has 4 heteroatoms. The van der Waals surface area contributed by atoms with Gasteiger partial charge in [0.15, 0.2) is 0 Å². The topological polar surface area (TPSA) is 26.5 Å². The first-order chi connectivity index (χ1) is 9.67. The average Bonchev–Trinajstić information content (AvgIpc) is 2.76. The predicted molar refractivity (Wildman–Crippen MR) is 83.4 cm³/mol. The summed E-state index contributed by atoms with van der Waals surface area (Å²) in [5, 5.41) is 0. The SMILES string of the molecule is COc1ccc(Cc2nc(Br)c3ccc(C)cn23)cc1. The maximum Gasteiger partial charge on any atom is 0.132 e. The fraction of sp³-hybridized carbons (Fsp3) is 0.188. The number of ether oxygens (including phenoxy) is 1. The van der Waals surface area contributed by atoms with Crippen molar-refractivity contribution in [2.45, 2.75) is 13.3 Å². The average molecular weight is 331 g/mol. The van der Waals surface area contributed by atoms with Gasteiger partial charge in [0.05, 0.1) is 12.6 Å². The van der Waals surface area contributed by atoms with Gasteiger partial charge in [-0.05, 0) is 52.2 Å². The summed E-state index contributed by atoms with van der Waals surface area (Å²) in [6.45, 7) is 2.09. The number of benzene rings is 1. The number of halogens is 1. The first-order valence-electron chi connectivity index (χ1n) is 6.43. The fourth-order valence-electron chi connectivity index (χ4n) is 2.26. The zero-order valence-corrected chi connectivity index (χ0v) is 13.0. The summed E-state index contributed by atoms with van der Waals surface area (Å²) in [6, 6.07) is 12.3. The third kappa shape index (κ3) is 2.43. The van der Waals surface area contributed by atoms with Crippen molar-refractivity contribution in [2.24, 2.45) is 0 Å². The molecule has 2 heterocycles. The van der Waals surface area contributed by atoms with Crippen LogP contribution < -0.4 is 4.74 Å². The van der Waals surface area contributed by atoms with Gasteiger partial charge in [-0.2, -0.15) is 0 Å². The second kappa shape index (κ2) is 5.29. The number of aryl methyl sites for hydroxylation is 1. The van der Waals surface area contributed by atoms with Gasteiger partial charge in [-0.25, -0.2) is 4.98 Å². The minimum Gasteiger partial charge on any atom is -0.497 e. The summed E-state index contributed by atoms with van der Waals surface area (Å²) in [6.07, 6.45) is 2.91. The highest BCUT2D eigenvalue weighted by Crippen LogP contribution is 2.22. The minimum absolute atomic E-state index is 0.792. The maximum atomic E-state index is 5.18. The highest BCUT2D eigenvalue weighted by molar-refractivity contribution is 9.10. The molecule has 102 valence electrons. The largest absolute Gasteiger partial charge is 0.497 e. The van der Waals surface area contributed by atoms with Crippen LogP contribution in [0.15, 0.2) is 47.2 Å². The van der Waals surface area contributed by atoms with Gasteiger partial charge in [0.25, 0.3) is 0 Å². The van der Waals surface area contributed by atoms with E-state index in [4.69, 9.17) is 4.74 Å². The van der Waals surface area contributed by atoms with Crippen molar-refractivity contribution in [1.82, 2.24) is 9.38 Å². The lowest BCUT2D eigenvalue weighted by atomic mass is 10.1. The number of imidazole rings is 1. The monoisotopic (exact) mass is 330 g/mol. The molecule has 0 unspecified atom stereocenters.